The molecular formula is C9H19N3O2S2. The SMILES string of the molecule is CCC1(C)CSC(=NCCNS(C)(=O)=O)N1. The van der Waals surface area contributed by atoms with E-state index in [1.54, 1.807) is 11.8 Å². The summed E-state index contributed by atoms with van der Waals surface area (Å²) < 4.78 is 24.0. The number of rotatable bonds is 5. The summed E-state index contributed by atoms with van der Waals surface area (Å²) in [6.07, 6.45) is 2.21. The van der Waals surface area contributed by atoms with Crippen LogP contribution in [0.4, 0.5) is 0 Å². The summed E-state index contributed by atoms with van der Waals surface area (Å²) >= 11 is 1.69. The molecule has 1 atom stereocenters. The van der Waals surface area contributed by atoms with E-state index in [0.29, 0.717) is 13.1 Å². The Morgan fingerprint density at radius 2 is 2.31 bits per heavy atom. The molecule has 94 valence electrons. The summed E-state index contributed by atoms with van der Waals surface area (Å²) in [7, 11) is -3.09. The highest BCUT2D eigenvalue weighted by atomic mass is 32.2. The van der Waals surface area contributed by atoms with Crippen molar-refractivity contribution in [2.24, 2.45) is 4.99 Å². The lowest BCUT2D eigenvalue weighted by Gasteiger charge is -2.20. The third-order valence-electron chi connectivity index (χ3n) is 2.45. The number of nitrogens with one attached hydrogen (secondary N) is 2. The number of hydrogen-bond donors (Lipinski definition) is 2. The van der Waals surface area contributed by atoms with Gasteiger partial charge in [-0.1, -0.05) is 18.7 Å². The Balaban J connectivity index is 2.32. The highest BCUT2D eigenvalue weighted by Gasteiger charge is 2.30. The average Bonchev–Trinajstić information content (AvgIpc) is 2.55. The van der Waals surface area contributed by atoms with Crippen LogP contribution < -0.4 is 10.0 Å². The lowest BCUT2D eigenvalue weighted by Crippen LogP contribution is -2.39. The van der Waals surface area contributed by atoms with E-state index in [4.69, 9.17) is 0 Å². The Morgan fingerprint density at radius 1 is 1.62 bits per heavy atom. The highest BCUT2D eigenvalue weighted by Crippen LogP contribution is 2.25. The number of amidine groups is 1. The van der Waals surface area contributed by atoms with Crippen molar-refractivity contribution < 1.29 is 8.42 Å². The van der Waals surface area contributed by atoms with E-state index < -0.39 is 10.0 Å². The number of thioether (sulfide) groups is 1. The second-order valence-electron chi connectivity index (χ2n) is 4.18. The first-order chi connectivity index (χ1) is 7.35. The van der Waals surface area contributed by atoms with Crippen LogP contribution >= 0.6 is 11.8 Å². The molecule has 0 radical (unpaired) electrons. The molecule has 1 fully saturated rings. The Bertz CT molecular complexity index is 367. The molecule has 1 unspecified atom stereocenters. The van der Waals surface area contributed by atoms with E-state index in [1.165, 1.54) is 0 Å². The van der Waals surface area contributed by atoms with E-state index in [2.05, 4.69) is 28.9 Å². The Labute approximate surface area is 102 Å². The zero-order valence-corrected chi connectivity index (χ0v) is 11.5. The van der Waals surface area contributed by atoms with E-state index in [-0.39, 0.29) is 5.54 Å². The van der Waals surface area contributed by atoms with Crippen molar-refractivity contribution in [1.82, 2.24) is 10.0 Å². The second kappa shape index (κ2) is 5.37. The first-order valence-corrected chi connectivity index (χ1v) is 8.12. The van der Waals surface area contributed by atoms with Gasteiger partial charge in [0.2, 0.25) is 10.0 Å². The fraction of sp³-hybridized carbons (Fsp3) is 0.889. The molecule has 0 bridgehead atoms. The van der Waals surface area contributed by atoms with Gasteiger partial charge in [-0.15, -0.1) is 0 Å². The Morgan fingerprint density at radius 3 is 2.81 bits per heavy atom. The van der Waals surface area contributed by atoms with Crippen LogP contribution in [0.15, 0.2) is 4.99 Å². The van der Waals surface area contributed by atoms with E-state index in [9.17, 15) is 8.42 Å². The highest BCUT2D eigenvalue weighted by molar-refractivity contribution is 8.14. The second-order valence-corrected chi connectivity index (χ2v) is 6.98. The van der Waals surface area contributed by atoms with Crippen LogP contribution in [0.5, 0.6) is 0 Å². The standard InChI is InChI=1S/C9H19N3O2S2/c1-4-9(2)7-15-8(12-9)10-5-6-11-16(3,13)14/h11H,4-7H2,1-3H3,(H,10,12). The molecule has 7 heteroatoms. The smallest absolute Gasteiger partial charge is 0.208 e. The normalized spacial score (nSPS) is 28.3. The van der Waals surface area contributed by atoms with Crippen molar-refractivity contribution in [1.29, 1.82) is 0 Å². The van der Waals surface area contributed by atoms with Gasteiger partial charge in [-0.05, 0) is 13.3 Å². The molecule has 1 saturated heterocycles. The van der Waals surface area contributed by atoms with Gasteiger partial charge in [0.1, 0.15) is 0 Å². The first kappa shape index (κ1) is 13.8. The number of nitrogens with zero attached hydrogens (tertiary/aromatic N) is 1. The Kier molecular flexibility index (Phi) is 4.63. The van der Waals surface area contributed by atoms with Gasteiger partial charge in [-0.25, -0.2) is 13.1 Å². The predicted molar refractivity (Wildman–Crippen MR) is 69.4 cm³/mol. The molecule has 16 heavy (non-hydrogen) atoms. The minimum absolute atomic E-state index is 0.133. The number of sulfonamides is 1. The van der Waals surface area contributed by atoms with Crippen molar-refractivity contribution in [3.8, 4) is 0 Å². The van der Waals surface area contributed by atoms with Crippen molar-refractivity contribution in [2.45, 2.75) is 25.8 Å². The number of hydrogen-bond acceptors (Lipinski definition) is 4. The van der Waals surface area contributed by atoms with Gasteiger partial charge in [0.15, 0.2) is 5.17 Å². The Hall–Kier alpha value is -0.270. The van der Waals surface area contributed by atoms with Crippen LogP contribution in [0.1, 0.15) is 20.3 Å². The van der Waals surface area contributed by atoms with Gasteiger partial charge in [-0.3, -0.25) is 4.99 Å². The summed E-state index contributed by atoms with van der Waals surface area (Å²) in [5.41, 5.74) is 0.133. The molecule has 0 amide bonds. The van der Waals surface area contributed by atoms with E-state index >= 15 is 0 Å². The predicted octanol–water partition coefficient (Wildman–Crippen LogP) is 0.397. The van der Waals surface area contributed by atoms with Crippen LogP contribution in [-0.2, 0) is 10.0 Å². The quantitative estimate of drug-likeness (QED) is 0.706. The van der Waals surface area contributed by atoms with Crippen LogP contribution in [0.3, 0.4) is 0 Å². The van der Waals surface area contributed by atoms with Gasteiger partial charge < -0.3 is 5.32 Å². The summed E-state index contributed by atoms with van der Waals surface area (Å²) in [5, 5.41) is 4.27. The maximum absolute atomic E-state index is 10.8. The third-order valence-corrected chi connectivity index (χ3v) is 4.46. The molecule has 1 aliphatic heterocycles. The van der Waals surface area contributed by atoms with Gasteiger partial charge in [-0.2, -0.15) is 0 Å². The molecule has 0 aliphatic carbocycles. The fourth-order valence-corrected chi connectivity index (χ4v) is 2.92. The molecule has 2 N–H and O–H groups in total. The van der Waals surface area contributed by atoms with Gasteiger partial charge in [0.25, 0.3) is 0 Å². The summed E-state index contributed by atoms with van der Waals surface area (Å²) in [6, 6.07) is 0. The molecule has 0 saturated carbocycles. The first-order valence-electron chi connectivity index (χ1n) is 5.25. The maximum atomic E-state index is 10.8. The van der Waals surface area contributed by atoms with Crippen molar-refractivity contribution in [3.63, 3.8) is 0 Å². The van der Waals surface area contributed by atoms with E-state index in [1.807, 2.05) is 0 Å². The van der Waals surface area contributed by atoms with Crippen LogP contribution in [0, 0.1) is 0 Å². The topological polar surface area (TPSA) is 70.6 Å². The lowest BCUT2D eigenvalue weighted by molar-refractivity contribution is 0.466. The third kappa shape index (κ3) is 4.71. The van der Waals surface area contributed by atoms with Crippen LogP contribution in [0.2, 0.25) is 0 Å². The molecule has 0 spiro atoms. The van der Waals surface area contributed by atoms with Gasteiger partial charge in [0, 0.05) is 17.8 Å². The average molecular weight is 265 g/mol. The monoisotopic (exact) mass is 265 g/mol. The van der Waals surface area contributed by atoms with Crippen molar-refractivity contribution in [3.05, 3.63) is 0 Å². The maximum Gasteiger partial charge on any atom is 0.208 e. The van der Waals surface area contributed by atoms with Crippen molar-refractivity contribution in [2.75, 3.05) is 25.1 Å². The molecule has 0 aromatic heterocycles. The van der Waals surface area contributed by atoms with Gasteiger partial charge >= 0.3 is 0 Å². The lowest BCUT2D eigenvalue weighted by atomic mass is 10.0. The molecule has 1 aliphatic rings. The summed E-state index contributed by atoms with van der Waals surface area (Å²) in [6.45, 7) is 5.13. The van der Waals surface area contributed by atoms with Crippen LogP contribution in [0.25, 0.3) is 0 Å². The van der Waals surface area contributed by atoms with Crippen LogP contribution in [-0.4, -0.2) is 44.2 Å². The zero-order chi connectivity index (χ0) is 12.2. The molecule has 1 heterocycles. The number of aliphatic imine (C=N–C) groups is 1. The zero-order valence-electron chi connectivity index (χ0n) is 9.91. The minimum atomic E-state index is -3.09. The van der Waals surface area contributed by atoms with Gasteiger partial charge in [0.05, 0.1) is 12.8 Å². The molecule has 5 nitrogen and oxygen atoms in total. The summed E-state index contributed by atoms with van der Waals surface area (Å²) in [4.78, 5) is 4.31. The summed E-state index contributed by atoms with van der Waals surface area (Å²) in [5.74, 6) is 1.02. The molecular weight excluding hydrogens is 246 g/mol. The molecule has 1 rings (SSSR count). The van der Waals surface area contributed by atoms with Crippen molar-refractivity contribution >= 4 is 27.0 Å². The fourth-order valence-electron chi connectivity index (χ4n) is 1.22. The van der Waals surface area contributed by atoms with E-state index in [0.717, 1.165) is 23.6 Å². The minimum Gasteiger partial charge on any atom is -0.359 e. The largest absolute Gasteiger partial charge is 0.359 e. The molecule has 0 aromatic rings. The molecule has 0 aromatic carbocycles.